The summed E-state index contributed by atoms with van der Waals surface area (Å²) >= 11 is 5.92. The summed E-state index contributed by atoms with van der Waals surface area (Å²) in [5, 5.41) is 4.31. The van der Waals surface area contributed by atoms with Gasteiger partial charge in [0.25, 0.3) is 0 Å². The Hall–Kier alpha value is -1.47. The van der Waals surface area contributed by atoms with Gasteiger partial charge in [0.2, 0.25) is 0 Å². The fraction of sp³-hybridized carbons (Fsp3) is 0.333. The molecule has 1 N–H and O–H groups in total. The number of rotatable bonds is 3. The first-order valence-electron chi connectivity index (χ1n) is 7.36. The van der Waals surface area contributed by atoms with Crippen molar-refractivity contribution >= 4 is 17.3 Å². The minimum absolute atomic E-state index is 0.309. The summed E-state index contributed by atoms with van der Waals surface area (Å²) in [5.41, 5.74) is 5.55. The summed E-state index contributed by atoms with van der Waals surface area (Å²) in [6.07, 6.45) is 5.14. The minimum Gasteiger partial charge on any atom is -0.379 e. The zero-order valence-corrected chi connectivity index (χ0v) is 12.6. The number of benzene rings is 2. The maximum absolute atomic E-state index is 5.92. The fourth-order valence-corrected chi connectivity index (χ4v) is 3.03. The number of anilines is 1. The fourth-order valence-electron chi connectivity index (χ4n) is 2.90. The average molecular weight is 286 g/mol. The van der Waals surface area contributed by atoms with Crippen LogP contribution in [0, 0.1) is 0 Å². The van der Waals surface area contributed by atoms with Gasteiger partial charge in [0.15, 0.2) is 0 Å². The van der Waals surface area contributed by atoms with Crippen molar-refractivity contribution in [3.05, 3.63) is 64.2 Å². The molecular weight excluding hydrogens is 266 g/mol. The molecule has 0 heterocycles. The quantitative estimate of drug-likeness (QED) is 0.797. The van der Waals surface area contributed by atoms with E-state index in [1.807, 2.05) is 24.3 Å². The number of nitrogens with one attached hydrogen (secondary N) is 1. The molecule has 2 heteroatoms. The molecule has 0 saturated carbocycles. The molecule has 0 aliphatic heterocycles. The predicted octanol–water partition coefficient (Wildman–Crippen LogP) is 5.39. The highest BCUT2D eigenvalue weighted by atomic mass is 35.5. The minimum atomic E-state index is 0.309. The number of fused-ring (bicyclic) bond motifs is 1. The first-order valence-corrected chi connectivity index (χ1v) is 7.74. The number of aryl methyl sites for hydroxylation is 2. The van der Waals surface area contributed by atoms with Crippen molar-refractivity contribution in [2.45, 2.75) is 38.6 Å². The third-order valence-corrected chi connectivity index (χ3v) is 4.35. The van der Waals surface area contributed by atoms with Crippen molar-refractivity contribution in [3.63, 3.8) is 0 Å². The van der Waals surface area contributed by atoms with Gasteiger partial charge in [-0.25, -0.2) is 0 Å². The molecule has 0 fully saturated rings. The van der Waals surface area contributed by atoms with Gasteiger partial charge in [0, 0.05) is 16.8 Å². The molecule has 0 saturated heterocycles. The topological polar surface area (TPSA) is 12.0 Å². The van der Waals surface area contributed by atoms with Crippen molar-refractivity contribution in [3.8, 4) is 0 Å². The van der Waals surface area contributed by atoms with Crippen molar-refractivity contribution in [1.82, 2.24) is 0 Å². The predicted molar refractivity (Wildman–Crippen MR) is 86.6 cm³/mol. The first-order chi connectivity index (χ1) is 9.72. The van der Waals surface area contributed by atoms with E-state index >= 15 is 0 Å². The van der Waals surface area contributed by atoms with Crippen LogP contribution < -0.4 is 5.32 Å². The Labute approximate surface area is 126 Å². The smallest absolute Gasteiger partial charge is 0.0485 e. The van der Waals surface area contributed by atoms with Crippen LogP contribution in [0.3, 0.4) is 0 Å². The third-order valence-electron chi connectivity index (χ3n) is 4.10. The lowest BCUT2D eigenvalue weighted by Gasteiger charge is -2.20. The second-order valence-corrected chi connectivity index (χ2v) is 6.04. The Morgan fingerprint density at radius 3 is 2.40 bits per heavy atom. The van der Waals surface area contributed by atoms with Gasteiger partial charge < -0.3 is 5.32 Å². The van der Waals surface area contributed by atoms with Crippen molar-refractivity contribution in [1.29, 1.82) is 0 Å². The number of hydrogen-bond donors (Lipinski definition) is 1. The van der Waals surface area contributed by atoms with Gasteiger partial charge in [0.1, 0.15) is 0 Å². The molecule has 0 bridgehead atoms. The highest BCUT2D eigenvalue weighted by molar-refractivity contribution is 6.30. The average Bonchev–Trinajstić information content (AvgIpc) is 2.49. The monoisotopic (exact) mass is 285 g/mol. The van der Waals surface area contributed by atoms with Gasteiger partial charge in [-0.3, -0.25) is 0 Å². The zero-order chi connectivity index (χ0) is 13.9. The molecule has 20 heavy (non-hydrogen) atoms. The molecule has 0 aromatic heterocycles. The summed E-state index contributed by atoms with van der Waals surface area (Å²) in [4.78, 5) is 0. The van der Waals surface area contributed by atoms with Crippen LogP contribution in [0.15, 0.2) is 42.5 Å². The SMILES string of the molecule is CC(Nc1ccc(Cl)cc1)c1ccc2c(c1)CCCC2. The summed E-state index contributed by atoms with van der Waals surface area (Å²) in [7, 11) is 0. The molecular formula is C18H20ClN. The summed E-state index contributed by atoms with van der Waals surface area (Å²) < 4.78 is 0. The Morgan fingerprint density at radius 2 is 1.65 bits per heavy atom. The van der Waals surface area contributed by atoms with Crippen LogP contribution in [0.1, 0.15) is 42.5 Å². The summed E-state index contributed by atoms with van der Waals surface area (Å²) in [5.74, 6) is 0. The summed E-state index contributed by atoms with van der Waals surface area (Å²) in [6, 6.07) is 15.1. The van der Waals surface area contributed by atoms with Gasteiger partial charge >= 0.3 is 0 Å². The first kappa shape index (κ1) is 13.5. The lowest BCUT2D eigenvalue weighted by atomic mass is 9.89. The van der Waals surface area contributed by atoms with Crippen LogP contribution in [-0.2, 0) is 12.8 Å². The molecule has 104 valence electrons. The van der Waals surface area contributed by atoms with E-state index in [-0.39, 0.29) is 0 Å². The maximum Gasteiger partial charge on any atom is 0.0485 e. The number of halogens is 1. The largest absolute Gasteiger partial charge is 0.379 e. The van der Waals surface area contributed by atoms with Gasteiger partial charge in [-0.05, 0) is 73.6 Å². The van der Waals surface area contributed by atoms with Crippen molar-refractivity contribution in [2.75, 3.05) is 5.32 Å². The van der Waals surface area contributed by atoms with Crippen LogP contribution in [0.2, 0.25) is 5.02 Å². The van der Waals surface area contributed by atoms with E-state index in [2.05, 4.69) is 30.4 Å². The molecule has 0 amide bonds. The van der Waals surface area contributed by atoms with Gasteiger partial charge in [0.05, 0.1) is 0 Å². The van der Waals surface area contributed by atoms with E-state index in [4.69, 9.17) is 11.6 Å². The van der Waals surface area contributed by atoms with Crippen molar-refractivity contribution in [2.24, 2.45) is 0 Å². The molecule has 1 atom stereocenters. The van der Waals surface area contributed by atoms with Crippen LogP contribution >= 0.6 is 11.6 Å². The molecule has 1 aliphatic rings. The number of hydrogen-bond acceptors (Lipinski definition) is 1. The van der Waals surface area contributed by atoms with E-state index in [1.54, 1.807) is 11.1 Å². The Bertz CT molecular complexity index is 589. The molecule has 2 aromatic rings. The van der Waals surface area contributed by atoms with Gasteiger partial charge in [-0.1, -0.05) is 29.8 Å². The lowest BCUT2D eigenvalue weighted by molar-refractivity contribution is 0.683. The van der Waals surface area contributed by atoms with E-state index < -0.39 is 0 Å². The van der Waals surface area contributed by atoms with Gasteiger partial charge in [-0.15, -0.1) is 0 Å². The molecule has 0 spiro atoms. The van der Waals surface area contributed by atoms with Crippen molar-refractivity contribution < 1.29 is 0 Å². The zero-order valence-electron chi connectivity index (χ0n) is 11.8. The van der Waals surface area contributed by atoms with Crippen LogP contribution in [0.4, 0.5) is 5.69 Å². The van der Waals surface area contributed by atoms with E-state index in [9.17, 15) is 0 Å². The standard InChI is InChI=1S/C18H20ClN/c1-13(20-18-10-8-17(19)9-11-18)15-7-6-14-4-2-3-5-16(14)12-15/h6-13,20H,2-5H2,1H3. The van der Waals surface area contributed by atoms with E-state index in [0.717, 1.165) is 10.7 Å². The second kappa shape index (κ2) is 5.88. The Morgan fingerprint density at radius 1 is 0.950 bits per heavy atom. The van der Waals surface area contributed by atoms with E-state index in [1.165, 1.54) is 31.2 Å². The molecule has 1 unspecified atom stereocenters. The second-order valence-electron chi connectivity index (χ2n) is 5.61. The molecule has 1 aliphatic carbocycles. The van der Waals surface area contributed by atoms with Crippen LogP contribution in [0.25, 0.3) is 0 Å². The highest BCUT2D eigenvalue weighted by Gasteiger charge is 2.12. The maximum atomic E-state index is 5.92. The molecule has 3 rings (SSSR count). The third kappa shape index (κ3) is 2.99. The van der Waals surface area contributed by atoms with Gasteiger partial charge in [-0.2, -0.15) is 0 Å². The summed E-state index contributed by atoms with van der Waals surface area (Å²) in [6.45, 7) is 2.21. The normalized spacial score (nSPS) is 15.5. The van der Waals surface area contributed by atoms with E-state index in [0.29, 0.717) is 6.04 Å². The molecule has 1 nitrogen and oxygen atoms in total. The van der Waals surface area contributed by atoms with Crippen LogP contribution in [-0.4, -0.2) is 0 Å². The molecule has 0 radical (unpaired) electrons. The Balaban J connectivity index is 1.76. The lowest BCUT2D eigenvalue weighted by Crippen LogP contribution is -2.09. The Kier molecular flexibility index (Phi) is 3.98. The molecule has 2 aromatic carbocycles. The highest BCUT2D eigenvalue weighted by Crippen LogP contribution is 2.26. The van der Waals surface area contributed by atoms with Crippen LogP contribution in [0.5, 0.6) is 0 Å².